The molecule has 0 aromatic heterocycles. The number of benzene rings is 3. The maximum atomic E-state index is 14.2. The first-order chi connectivity index (χ1) is 22.7. The number of carbonyl (C=O) groups excluding carboxylic acids is 2. The molecule has 0 aliphatic carbocycles. The SMILES string of the molecule is C[C@@H]1[C@H](CN2CCC[C@H]2C(=O)OC(C)(C)C)O[C@H](c2ccc(NC(=O)c3c(F)c(F)c(F)c(F)c3F)cc2)O[C@@H]1c1ccc(CO)cc1. The number of esters is 1. The Labute approximate surface area is 274 Å². The number of rotatable bonds is 8. The molecule has 8 nitrogen and oxygen atoms in total. The minimum absolute atomic E-state index is 0.0156. The van der Waals surface area contributed by atoms with Crippen LogP contribution >= 0.6 is 0 Å². The van der Waals surface area contributed by atoms with Gasteiger partial charge in [-0.25, -0.2) is 22.0 Å². The first-order valence-corrected chi connectivity index (χ1v) is 15.6. The van der Waals surface area contributed by atoms with Crippen molar-refractivity contribution in [2.75, 3.05) is 18.4 Å². The van der Waals surface area contributed by atoms with Gasteiger partial charge in [-0.1, -0.05) is 43.3 Å². The first kappa shape index (κ1) is 35.4. The number of hydrogen-bond donors (Lipinski definition) is 2. The maximum absolute atomic E-state index is 14.2. The number of aliphatic hydroxyl groups excluding tert-OH is 1. The van der Waals surface area contributed by atoms with Crippen LogP contribution in [0.5, 0.6) is 0 Å². The van der Waals surface area contributed by atoms with Crippen LogP contribution in [0.1, 0.15) is 80.0 Å². The van der Waals surface area contributed by atoms with Gasteiger partial charge in [-0.05, 0) is 63.4 Å². The summed E-state index contributed by atoms with van der Waals surface area (Å²) >= 11 is 0. The molecule has 3 aromatic rings. The predicted octanol–water partition coefficient (Wildman–Crippen LogP) is 6.72. The average molecular weight is 677 g/mol. The number of nitrogens with one attached hydrogen (secondary N) is 1. The molecule has 5 rings (SSSR count). The molecule has 0 bridgehead atoms. The highest BCUT2D eigenvalue weighted by molar-refractivity contribution is 6.04. The van der Waals surface area contributed by atoms with Crippen molar-refractivity contribution in [1.82, 2.24) is 4.90 Å². The van der Waals surface area contributed by atoms with Crippen molar-refractivity contribution in [3.63, 3.8) is 0 Å². The molecule has 2 aliphatic heterocycles. The van der Waals surface area contributed by atoms with Crippen LogP contribution in [-0.4, -0.2) is 52.7 Å². The fourth-order valence-electron chi connectivity index (χ4n) is 5.96. The summed E-state index contributed by atoms with van der Waals surface area (Å²) in [7, 11) is 0. The molecule has 2 saturated heterocycles. The lowest BCUT2D eigenvalue weighted by molar-refractivity contribution is -0.276. The van der Waals surface area contributed by atoms with E-state index in [-0.39, 0.29) is 24.2 Å². The summed E-state index contributed by atoms with van der Waals surface area (Å²) in [6.07, 6.45) is -0.327. The number of aliphatic hydroxyl groups is 1. The average Bonchev–Trinajstić information content (AvgIpc) is 3.52. The van der Waals surface area contributed by atoms with Crippen LogP contribution < -0.4 is 5.32 Å². The molecule has 258 valence electrons. The molecule has 1 amide bonds. The second-order valence-electron chi connectivity index (χ2n) is 13.0. The predicted molar refractivity (Wildman–Crippen MR) is 164 cm³/mol. The first-order valence-electron chi connectivity index (χ1n) is 15.6. The van der Waals surface area contributed by atoms with Crippen molar-refractivity contribution >= 4 is 17.6 Å². The highest BCUT2D eigenvalue weighted by Crippen LogP contribution is 2.42. The summed E-state index contributed by atoms with van der Waals surface area (Å²) in [4.78, 5) is 27.6. The van der Waals surface area contributed by atoms with Crippen LogP contribution in [0.15, 0.2) is 48.5 Å². The van der Waals surface area contributed by atoms with E-state index in [1.54, 1.807) is 12.1 Å². The molecular formula is C35H37F5N2O6. The van der Waals surface area contributed by atoms with Crippen molar-refractivity contribution in [2.45, 2.75) is 77.3 Å². The van der Waals surface area contributed by atoms with E-state index in [1.165, 1.54) is 24.3 Å². The quantitative estimate of drug-likeness (QED) is 0.118. The largest absolute Gasteiger partial charge is 0.459 e. The van der Waals surface area contributed by atoms with Crippen molar-refractivity contribution in [1.29, 1.82) is 0 Å². The van der Waals surface area contributed by atoms with Crippen LogP contribution in [0, 0.1) is 35.0 Å². The topological polar surface area (TPSA) is 97.3 Å². The fourth-order valence-corrected chi connectivity index (χ4v) is 5.96. The van der Waals surface area contributed by atoms with Crippen LogP contribution in [0.2, 0.25) is 0 Å². The molecular weight excluding hydrogens is 639 g/mol. The number of anilines is 1. The highest BCUT2D eigenvalue weighted by Gasteiger charge is 2.42. The highest BCUT2D eigenvalue weighted by atomic mass is 19.2. The third-order valence-corrected chi connectivity index (χ3v) is 8.46. The number of likely N-dealkylation sites (tertiary alicyclic amines) is 1. The lowest BCUT2D eigenvalue weighted by Gasteiger charge is -2.43. The molecule has 2 aliphatic rings. The van der Waals surface area contributed by atoms with Gasteiger partial charge in [-0.15, -0.1) is 0 Å². The minimum Gasteiger partial charge on any atom is -0.459 e. The summed E-state index contributed by atoms with van der Waals surface area (Å²) < 4.78 is 87.7. The van der Waals surface area contributed by atoms with Gasteiger partial charge in [0, 0.05) is 23.7 Å². The molecule has 13 heteroatoms. The molecule has 0 unspecified atom stereocenters. The monoisotopic (exact) mass is 676 g/mol. The Morgan fingerprint density at radius 1 is 0.896 bits per heavy atom. The molecule has 0 spiro atoms. The van der Waals surface area contributed by atoms with Crippen LogP contribution in [0.25, 0.3) is 0 Å². The fraction of sp³-hybridized carbons (Fsp3) is 0.429. The second-order valence-corrected chi connectivity index (χ2v) is 13.0. The van der Waals surface area contributed by atoms with E-state index < -0.39 is 70.7 Å². The summed E-state index contributed by atoms with van der Waals surface area (Å²) in [5.41, 5.74) is -0.135. The van der Waals surface area contributed by atoms with Crippen molar-refractivity contribution in [2.24, 2.45) is 5.92 Å². The molecule has 2 N–H and O–H groups in total. The Kier molecular flexibility index (Phi) is 10.5. The second kappa shape index (κ2) is 14.3. The molecule has 0 saturated carbocycles. The van der Waals surface area contributed by atoms with Gasteiger partial charge in [-0.2, -0.15) is 0 Å². The summed E-state index contributed by atoms with van der Waals surface area (Å²) in [6, 6.07) is 12.7. The zero-order chi connectivity index (χ0) is 34.9. The van der Waals surface area contributed by atoms with E-state index in [0.717, 1.165) is 17.5 Å². The van der Waals surface area contributed by atoms with E-state index in [9.17, 15) is 36.6 Å². The Bertz CT molecular complexity index is 1620. The molecule has 5 atom stereocenters. The Balaban J connectivity index is 1.38. The van der Waals surface area contributed by atoms with Crippen molar-refractivity contribution in [3.8, 4) is 0 Å². The maximum Gasteiger partial charge on any atom is 0.323 e. The van der Waals surface area contributed by atoms with E-state index >= 15 is 0 Å². The standard InChI is InChI=1S/C35H37F5N2O6/c1-18-24(16-42-15-5-6-23(42)33(45)48-35(2,3)4)46-34(47-31(18)20-9-7-19(17-43)8-10-20)21-11-13-22(14-12-21)41-32(44)25-26(36)28(38)30(40)29(39)27(25)37/h7-14,18,23-24,31,34,43H,5-6,15-17H2,1-4H3,(H,41,44)/t18-,23+,24+,31+,34+/m1/s1. The number of ether oxygens (including phenoxy) is 3. The number of amides is 1. The summed E-state index contributed by atoms with van der Waals surface area (Å²) in [5.74, 6) is -13.3. The minimum atomic E-state index is -2.36. The number of hydrogen-bond acceptors (Lipinski definition) is 7. The lowest BCUT2D eigenvalue weighted by atomic mass is 9.90. The van der Waals surface area contributed by atoms with E-state index in [1.807, 2.05) is 39.8 Å². The van der Waals surface area contributed by atoms with E-state index in [2.05, 4.69) is 10.2 Å². The smallest absolute Gasteiger partial charge is 0.323 e. The zero-order valence-electron chi connectivity index (χ0n) is 26.9. The summed E-state index contributed by atoms with van der Waals surface area (Å²) in [5, 5.41) is 11.7. The number of halogens is 5. The van der Waals surface area contributed by atoms with Gasteiger partial charge in [-0.3, -0.25) is 14.5 Å². The Morgan fingerprint density at radius 2 is 1.48 bits per heavy atom. The zero-order valence-corrected chi connectivity index (χ0v) is 26.9. The van der Waals surface area contributed by atoms with Gasteiger partial charge in [0.05, 0.1) is 18.8 Å². The van der Waals surface area contributed by atoms with Crippen LogP contribution in [0.4, 0.5) is 27.6 Å². The molecule has 0 radical (unpaired) electrons. The Morgan fingerprint density at radius 3 is 2.06 bits per heavy atom. The van der Waals surface area contributed by atoms with Gasteiger partial charge < -0.3 is 24.6 Å². The third-order valence-electron chi connectivity index (χ3n) is 8.46. The molecule has 2 fully saturated rings. The van der Waals surface area contributed by atoms with E-state index in [0.29, 0.717) is 25.1 Å². The van der Waals surface area contributed by atoms with Gasteiger partial charge >= 0.3 is 5.97 Å². The van der Waals surface area contributed by atoms with Gasteiger partial charge in [0.1, 0.15) is 17.2 Å². The van der Waals surface area contributed by atoms with Gasteiger partial charge in [0.2, 0.25) is 5.82 Å². The molecule has 48 heavy (non-hydrogen) atoms. The third kappa shape index (κ3) is 7.54. The Hall–Kier alpha value is -3.91. The number of carbonyl (C=O) groups is 2. The molecule has 3 aromatic carbocycles. The van der Waals surface area contributed by atoms with Gasteiger partial charge in [0.25, 0.3) is 5.91 Å². The lowest BCUT2D eigenvalue weighted by Crippen LogP contribution is -2.48. The van der Waals surface area contributed by atoms with Crippen molar-refractivity contribution in [3.05, 3.63) is 99.9 Å². The summed E-state index contributed by atoms with van der Waals surface area (Å²) in [6.45, 7) is 8.41. The van der Waals surface area contributed by atoms with E-state index in [4.69, 9.17) is 14.2 Å². The van der Waals surface area contributed by atoms with Gasteiger partial charge in [0.15, 0.2) is 29.6 Å². The normalized spacial score (nSPS) is 23.2. The number of nitrogens with zero attached hydrogens (tertiary/aromatic N) is 1. The van der Waals surface area contributed by atoms with Crippen molar-refractivity contribution < 1.29 is 50.9 Å². The van der Waals surface area contributed by atoms with Crippen LogP contribution in [0.3, 0.4) is 0 Å². The van der Waals surface area contributed by atoms with Crippen LogP contribution in [-0.2, 0) is 25.6 Å². The molecule has 2 heterocycles.